The summed E-state index contributed by atoms with van der Waals surface area (Å²) in [7, 11) is 0. The second-order valence-electron chi connectivity index (χ2n) is 9.40. The van der Waals surface area contributed by atoms with E-state index >= 15 is 0 Å². The largest absolute Gasteiger partial charge is 0.312 e. The van der Waals surface area contributed by atoms with E-state index in [9.17, 15) is 4.79 Å². The van der Waals surface area contributed by atoms with Gasteiger partial charge in [-0.2, -0.15) is 0 Å². The average molecular weight is 381 g/mol. The summed E-state index contributed by atoms with van der Waals surface area (Å²) in [5, 5.41) is 0. The zero-order chi connectivity index (χ0) is 20.0. The van der Waals surface area contributed by atoms with Crippen molar-refractivity contribution in [3.8, 4) is 11.3 Å². The summed E-state index contributed by atoms with van der Waals surface area (Å²) in [5.41, 5.74) is 4.28. The molecule has 0 spiro atoms. The smallest absolute Gasteiger partial charge is 0.251 e. The first-order valence-corrected chi connectivity index (χ1v) is 10.6. The molecule has 2 bridgehead atoms. The third-order valence-electron chi connectivity index (χ3n) is 6.09. The normalized spacial score (nSPS) is 22.0. The van der Waals surface area contributed by atoms with Crippen LogP contribution in [-0.4, -0.2) is 39.1 Å². The van der Waals surface area contributed by atoms with Gasteiger partial charge in [0.15, 0.2) is 0 Å². The van der Waals surface area contributed by atoms with Gasteiger partial charge in [-0.3, -0.25) is 4.79 Å². The van der Waals surface area contributed by atoms with Gasteiger partial charge in [0.25, 0.3) is 5.56 Å². The number of aryl methyl sites for hydroxylation is 1. The Morgan fingerprint density at radius 3 is 2.64 bits per heavy atom. The Hall–Kier alpha value is -2.01. The number of hydrogen-bond acceptors (Lipinski definition) is 4. The number of fused-ring (bicyclic) bond motifs is 4. The molecule has 5 heteroatoms. The monoisotopic (exact) mass is 380 g/mol. The van der Waals surface area contributed by atoms with Gasteiger partial charge in [0.1, 0.15) is 5.82 Å². The Labute approximate surface area is 167 Å². The fraction of sp³-hybridized carbons (Fsp3) is 0.609. The van der Waals surface area contributed by atoms with E-state index in [-0.39, 0.29) is 5.56 Å². The molecule has 0 aliphatic carbocycles. The maximum Gasteiger partial charge on any atom is 0.251 e. The highest BCUT2D eigenvalue weighted by Gasteiger charge is 2.35. The van der Waals surface area contributed by atoms with Gasteiger partial charge in [-0.25, -0.2) is 9.97 Å². The average Bonchev–Trinajstić information content (AvgIpc) is 2.61. The van der Waals surface area contributed by atoms with Crippen molar-refractivity contribution in [1.82, 2.24) is 19.4 Å². The first-order valence-electron chi connectivity index (χ1n) is 10.6. The van der Waals surface area contributed by atoms with Crippen LogP contribution in [0.25, 0.3) is 11.3 Å². The number of aromatic nitrogens is 3. The minimum atomic E-state index is 0.116. The van der Waals surface area contributed by atoms with E-state index in [0.29, 0.717) is 23.7 Å². The topological polar surface area (TPSA) is 51.0 Å². The Balaban J connectivity index is 1.77. The van der Waals surface area contributed by atoms with Crippen molar-refractivity contribution in [1.29, 1.82) is 0 Å². The lowest BCUT2D eigenvalue weighted by molar-refractivity contribution is 0.109. The van der Waals surface area contributed by atoms with Crippen LogP contribution in [0.5, 0.6) is 0 Å². The first kappa shape index (κ1) is 19.3. The van der Waals surface area contributed by atoms with Gasteiger partial charge in [-0.05, 0) is 42.7 Å². The molecule has 1 saturated heterocycles. The van der Waals surface area contributed by atoms with Gasteiger partial charge in [-0.15, -0.1) is 0 Å². The maximum absolute atomic E-state index is 13.0. The summed E-state index contributed by atoms with van der Waals surface area (Å²) in [6.45, 7) is 14.9. The Morgan fingerprint density at radius 2 is 1.93 bits per heavy atom. The van der Waals surface area contributed by atoms with Crippen molar-refractivity contribution >= 4 is 0 Å². The summed E-state index contributed by atoms with van der Waals surface area (Å²) in [5.74, 6) is 2.75. The van der Waals surface area contributed by atoms with Crippen molar-refractivity contribution < 1.29 is 0 Å². The number of piperidine rings is 1. The van der Waals surface area contributed by atoms with E-state index in [0.717, 1.165) is 48.8 Å². The summed E-state index contributed by atoms with van der Waals surface area (Å²) in [6, 6.07) is 4.01. The Kier molecular flexibility index (Phi) is 5.13. The number of hydrogen-bond donors (Lipinski definition) is 0. The number of nitrogens with zero attached hydrogens (tertiary/aromatic N) is 4. The number of pyridine rings is 1. The standard InChI is InChI=1S/C23H32N4O/c1-14(2)10-26-11-17-6-19(13-26)21-7-18(8-22(28)27(21)12-17)23-20(15(3)4)9-24-16(5)25-23/h7-9,14-15,17,19H,6,10-13H2,1-5H3/t17-,19+/m0/s1. The maximum atomic E-state index is 13.0. The molecule has 4 heterocycles. The predicted octanol–water partition coefficient (Wildman–Crippen LogP) is 3.81. The molecule has 2 aromatic heterocycles. The molecule has 2 atom stereocenters. The molecule has 5 nitrogen and oxygen atoms in total. The van der Waals surface area contributed by atoms with E-state index in [4.69, 9.17) is 4.98 Å². The molecule has 2 aromatic rings. The van der Waals surface area contributed by atoms with Gasteiger partial charge in [0, 0.05) is 55.6 Å². The van der Waals surface area contributed by atoms with E-state index in [1.54, 1.807) is 6.07 Å². The molecule has 2 aliphatic rings. The molecular formula is C23H32N4O. The van der Waals surface area contributed by atoms with Crippen molar-refractivity contribution in [3.63, 3.8) is 0 Å². The second-order valence-corrected chi connectivity index (χ2v) is 9.40. The van der Waals surface area contributed by atoms with Crippen molar-refractivity contribution in [2.24, 2.45) is 11.8 Å². The highest BCUT2D eigenvalue weighted by atomic mass is 16.1. The first-order chi connectivity index (χ1) is 13.3. The van der Waals surface area contributed by atoms with Crippen LogP contribution in [-0.2, 0) is 6.54 Å². The molecular weight excluding hydrogens is 348 g/mol. The van der Waals surface area contributed by atoms with Crippen molar-refractivity contribution in [2.45, 2.75) is 59.4 Å². The summed E-state index contributed by atoms with van der Waals surface area (Å²) >= 11 is 0. The lowest BCUT2D eigenvalue weighted by atomic mass is 9.82. The second kappa shape index (κ2) is 7.43. The summed E-state index contributed by atoms with van der Waals surface area (Å²) < 4.78 is 2.03. The van der Waals surface area contributed by atoms with E-state index in [2.05, 4.69) is 43.6 Å². The zero-order valence-electron chi connectivity index (χ0n) is 17.8. The lowest BCUT2D eigenvalue weighted by Gasteiger charge is -2.43. The molecule has 0 aromatic carbocycles. The van der Waals surface area contributed by atoms with Crippen LogP contribution in [0.4, 0.5) is 0 Å². The highest BCUT2D eigenvalue weighted by molar-refractivity contribution is 5.64. The van der Waals surface area contributed by atoms with Crippen LogP contribution in [0.2, 0.25) is 0 Å². The third kappa shape index (κ3) is 3.64. The highest BCUT2D eigenvalue weighted by Crippen LogP contribution is 2.37. The van der Waals surface area contributed by atoms with Crippen LogP contribution in [0.1, 0.15) is 63.0 Å². The minimum absolute atomic E-state index is 0.116. The van der Waals surface area contributed by atoms with Crippen LogP contribution in [0, 0.1) is 18.8 Å². The molecule has 1 fully saturated rings. The third-order valence-corrected chi connectivity index (χ3v) is 6.09. The minimum Gasteiger partial charge on any atom is -0.312 e. The van der Waals surface area contributed by atoms with Crippen LogP contribution < -0.4 is 5.56 Å². The number of rotatable bonds is 4. The van der Waals surface area contributed by atoms with Gasteiger partial charge in [0.05, 0.1) is 5.69 Å². The summed E-state index contributed by atoms with van der Waals surface area (Å²) in [6.07, 6.45) is 3.11. The van der Waals surface area contributed by atoms with Gasteiger partial charge in [-0.1, -0.05) is 27.7 Å². The zero-order valence-corrected chi connectivity index (χ0v) is 17.8. The molecule has 0 N–H and O–H groups in total. The molecule has 150 valence electrons. The van der Waals surface area contributed by atoms with Crippen LogP contribution in [0.15, 0.2) is 23.1 Å². The predicted molar refractivity (Wildman–Crippen MR) is 113 cm³/mol. The van der Waals surface area contributed by atoms with Gasteiger partial charge < -0.3 is 9.47 Å². The van der Waals surface area contributed by atoms with Crippen LogP contribution >= 0.6 is 0 Å². The van der Waals surface area contributed by atoms with E-state index in [1.807, 2.05) is 17.7 Å². The Morgan fingerprint density at radius 1 is 1.14 bits per heavy atom. The van der Waals surface area contributed by atoms with E-state index in [1.165, 1.54) is 12.1 Å². The molecule has 0 amide bonds. The molecule has 4 rings (SSSR count). The Bertz CT molecular complexity index is 931. The fourth-order valence-electron chi connectivity index (χ4n) is 4.99. The molecule has 2 aliphatic heterocycles. The molecule has 0 radical (unpaired) electrons. The van der Waals surface area contributed by atoms with Crippen molar-refractivity contribution in [2.75, 3.05) is 19.6 Å². The van der Waals surface area contributed by atoms with Gasteiger partial charge >= 0.3 is 0 Å². The lowest BCUT2D eigenvalue weighted by Crippen LogP contribution is -2.48. The van der Waals surface area contributed by atoms with Crippen molar-refractivity contribution in [3.05, 3.63) is 45.8 Å². The van der Waals surface area contributed by atoms with Crippen LogP contribution in [0.3, 0.4) is 0 Å². The summed E-state index contributed by atoms with van der Waals surface area (Å²) in [4.78, 5) is 24.7. The van der Waals surface area contributed by atoms with E-state index < -0.39 is 0 Å². The molecule has 28 heavy (non-hydrogen) atoms. The number of likely N-dealkylation sites (tertiary alicyclic amines) is 1. The SMILES string of the molecule is Cc1ncc(C(C)C)c(-c2cc3n(c(=O)c2)C[C@H]2C[C@@H]3CN(CC(C)C)C2)n1. The van der Waals surface area contributed by atoms with Gasteiger partial charge in [0.2, 0.25) is 0 Å². The fourth-order valence-corrected chi connectivity index (χ4v) is 4.99. The molecule has 0 saturated carbocycles. The quantitative estimate of drug-likeness (QED) is 0.809. The molecule has 0 unspecified atom stereocenters.